The first-order valence-corrected chi connectivity index (χ1v) is 9.04. The lowest BCUT2D eigenvalue weighted by atomic mass is 10.1. The number of aliphatic carboxylic acids is 1. The number of ketones is 1. The Bertz CT molecular complexity index is 946. The van der Waals surface area contributed by atoms with Crippen molar-refractivity contribution < 1.29 is 23.8 Å². The molecule has 4 nitrogen and oxygen atoms in total. The second-order valence-corrected chi connectivity index (χ2v) is 6.88. The third-order valence-electron chi connectivity index (χ3n) is 3.95. The fraction of sp³-hybridized carbons (Fsp3) is 0.200. The van der Waals surface area contributed by atoms with E-state index in [0.29, 0.717) is 28.7 Å². The highest BCUT2D eigenvalue weighted by Gasteiger charge is 2.26. The molecule has 0 aliphatic carbocycles. The molecule has 0 bridgehead atoms. The van der Waals surface area contributed by atoms with Gasteiger partial charge in [-0.2, -0.15) is 0 Å². The van der Waals surface area contributed by atoms with Gasteiger partial charge in [0.15, 0.2) is 6.10 Å². The van der Waals surface area contributed by atoms with Crippen LogP contribution < -0.4 is 4.74 Å². The number of carboxylic acids is 1. The van der Waals surface area contributed by atoms with E-state index in [2.05, 4.69) is 0 Å². The Hall–Kier alpha value is -2.73. The van der Waals surface area contributed by atoms with Crippen LogP contribution in [0.3, 0.4) is 0 Å². The molecule has 6 heteroatoms. The van der Waals surface area contributed by atoms with Gasteiger partial charge in [-0.15, -0.1) is 11.3 Å². The Labute approximate surface area is 153 Å². The second kappa shape index (κ2) is 7.66. The third-order valence-corrected chi connectivity index (χ3v) is 5.10. The Kier molecular flexibility index (Phi) is 5.32. The summed E-state index contributed by atoms with van der Waals surface area (Å²) in [5, 5.41) is 10.1. The Balaban J connectivity index is 2.08. The van der Waals surface area contributed by atoms with Crippen molar-refractivity contribution in [3.8, 4) is 5.75 Å². The van der Waals surface area contributed by atoms with Gasteiger partial charge in [0.05, 0.1) is 0 Å². The molecule has 0 saturated carbocycles. The number of benzene rings is 2. The third kappa shape index (κ3) is 3.60. The van der Waals surface area contributed by atoms with E-state index in [0.717, 1.165) is 4.70 Å². The number of fused-ring (bicyclic) bond motifs is 1. The van der Waals surface area contributed by atoms with E-state index >= 15 is 0 Å². The van der Waals surface area contributed by atoms with Crippen LogP contribution in [0.1, 0.15) is 35.0 Å². The Morgan fingerprint density at radius 2 is 1.85 bits per heavy atom. The van der Waals surface area contributed by atoms with Crippen LogP contribution >= 0.6 is 11.3 Å². The van der Waals surface area contributed by atoms with Crippen LogP contribution in [0, 0.1) is 5.82 Å². The molecular weight excluding hydrogens is 355 g/mol. The summed E-state index contributed by atoms with van der Waals surface area (Å²) < 4.78 is 19.8. The summed E-state index contributed by atoms with van der Waals surface area (Å²) in [7, 11) is 0. The van der Waals surface area contributed by atoms with Gasteiger partial charge in [-0.3, -0.25) is 4.79 Å². The van der Waals surface area contributed by atoms with Crippen LogP contribution in [0.2, 0.25) is 0 Å². The lowest BCUT2D eigenvalue weighted by molar-refractivity contribution is -0.145. The van der Waals surface area contributed by atoms with Gasteiger partial charge in [-0.05, 0) is 42.8 Å². The molecule has 1 heterocycles. The van der Waals surface area contributed by atoms with Crippen molar-refractivity contribution in [2.45, 2.75) is 25.9 Å². The van der Waals surface area contributed by atoms with Crippen LogP contribution in [0.25, 0.3) is 10.1 Å². The van der Waals surface area contributed by atoms with Crippen LogP contribution in [0.15, 0.2) is 48.5 Å². The minimum atomic E-state index is -1.07. The van der Waals surface area contributed by atoms with Crippen molar-refractivity contribution >= 4 is 33.2 Å². The summed E-state index contributed by atoms with van der Waals surface area (Å²) in [6, 6.07) is 12.6. The first-order valence-electron chi connectivity index (χ1n) is 8.22. The number of carbonyl (C=O) groups excluding carboxylic acids is 1. The molecular formula is C20H17FO4S. The zero-order valence-electron chi connectivity index (χ0n) is 14.1. The minimum absolute atomic E-state index is 0.278. The maximum atomic E-state index is 13.1. The van der Waals surface area contributed by atoms with E-state index in [4.69, 9.17) is 4.74 Å². The molecule has 134 valence electrons. The van der Waals surface area contributed by atoms with Gasteiger partial charge in [0.2, 0.25) is 5.78 Å². The van der Waals surface area contributed by atoms with Crippen molar-refractivity contribution in [1.29, 1.82) is 0 Å². The lowest BCUT2D eigenvalue weighted by Crippen LogP contribution is -2.27. The van der Waals surface area contributed by atoms with Gasteiger partial charge in [0.25, 0.3) is 0 Å². The lowest BCUT2D eigenvalue weighted by Gasteiger charge is -2.15. The number of halogens is 1. The maximum absolute atomic E-state index is 13.1. The van der Waals surface area contributed by atoms with Crippen LogP contribution in [0.4, 0.5) is 4.39 Å². The zero-order valence-corrected chi connectivity index (χ0v) is 14.9. The number of carbonyl (C=O) groups is 2. The van der Waals surface area contributed by atoms with E-state index in [1.165, 1.54) is 35.6 Å². The highest BCUT2D eigenvalue weighted by Crippen LogP contribution is 2.40. The average molecular weight is 372 g/mol. The molecule has 26 heavy (non-hydrogen) atoms. The van der Waals surface area contributed by atoms with Gasteiger partial charge in [0.1, 0.15) is 16.4 Å². The molecule has 0 radical (unpaired) electrons. The van der Waals surface area contributed by atoms with E-state index in [-0.39, 0.29) is 11.5 Å². The van der Waals surface area contributed by atoms with Gasteiger partial charge in [-0.25, -0.2) is 9.18 Å². The number of thiophene rings is 1. The standard InChI is InChI=1S/C20H17FO4S/c1-2-5-15(20(23)24)25-18-14-6-3-4-7-16(14)26-19(18)17(22)12-8-10-13(21)11-9-12/h3-4,6-11,15H,2,5H2,1H3,(H,23,24). The summed E-state index contributed by atoms with van der Waals surface area (Å²) in [5.41, 5.74) is 0.324. The SMILES string of the molecule is CCCC(Oc1c(C(=O)c2ccc(F)cc2)sc2ccccc12)C(=O)O. The fourth-order valence-corrected chi connectivity index (χ4v) is 3.76. The van der Waals surface area contributed by atoms with Gasteiger partial charge >= 0.3 is 5.97 Å². The van der Waals surface area contributed by atoms with E-state index < -0.39 is 17.9 Å². The number of hydrogen-bond donors (Lipinski definition) is 1. The van der Waals surface area contributed by atoms with Crippen molar-refractivity contribution in [3.63, 3.8) is 0 Å². The molecule has 2 aromatic carbocycles. The van der Waals surface area contributed by atoms with Crippen molar-refractivity contribution in [2.75, 3.05) is 0 Å². The predicted octanol–water partition coefficient (Wildman–Crippen LogP) is 4.90. The molecule has 1 atom stereocenters. The average Bonchev–Trinajstić information content (AvgIpc) is 3.00. The van der Waals surface area contributed by atoms with E-state index in [1.807, 2.05) is 25.1 Å². The molecule has 0 aliphatic heterocycles. The number of ether oxygens (including phenoxy) is 1. The first-order chi connectivity index (χ1) is 12.5. The van der Waals surface area contributed by atoms with Gasteiger partial charge in [-0.1, -0.05) is 25.5 Å². The highest BCUT2D eigenvalue weighted by atomic mass is 32.1. The molecule has 3 rings (SSSR count). The number of carboxylic acid groups (broad SMARTS) is 1. The zero-order chi connectivity index (χ0) is 18.7. The molecule has 0 saturated heterocycles. The Morgan fingerprint density at radius 1 is 1.15 bits per heavy atom. The molecule has 3 aromatic rings. The number of hydrogen-bond acceptors (Lipinski definition) is 4. The molecule has 0 fully saturated rings. The topological polar surface area (TPSA) is 63.6 Å². The van der Waals surface area contributed by atoms with Crippen LogP contribution in [-0.2, 0) is 4.79 Å². The molecule has 0 spiro atoms. The molecule has 1 N–H and O–H groups in total. The predicted molar refractivity (Wildman–Crippen MR) is 98.6 cm³/mol. The van der Waals surface area contributed by atoms with Crippen LogP contribution in [0.5, 0.6) is 5.75 Å². The highest BCUT2D eigenvalue weighted by molar-refractivity contribution is 7.21. The summed E-state index contributed by atoms with van der Waals surface area (Å²) in [5.74, 6) is -1.53. The minimum Gasteiger partial charge on any atom is -0.479 e. The number of rotatable bonds is 7. The quantitative estimate of drug-likeness (QED) is 0.599. The first kappa shape index (κ1) is 18.1. The molecule has 1 unspecified atom stereocenters. The molecule has 1 aromatic heterocycles. The van der Waals surface area contributed by atoms with Crippen molar-refractivity contribution in [2.24, 2.45) is 0 Å². The molecule has 0 amide bonds. The molecule has 0 aliphatic rings. The summed E-state index contributed by atoms with van der Waals surface area (Å²) in [6.07, 6.45) is -0.0537. The largest absolute Gasteiger partial charge is 0.479 e. The normalized spacial score (nSPS) is 12.1. The van der Waals surface area contributed by atoms with Crippen molar-refractivity contribution in [3.05, 3.63) is 64.8 Å². The monoisotopic (exact) mass is 372 g/mol. The maximum Gasteiger partial charge on any atom is 0.344 e. The van der Waals surface area contributed by atoms with Gasteiger partial charge in [0, 0.05) is 15.6 Å². The van der Waals surface area contributed by atoms with E-state index in [9.17, 15) is 19.1 Å². The van der Waals surface area contributed by atoms with E-state index in [1.54, 1.807) is 6.07 Å². The second-order valence-electron chi connectivity index (χ2n) is 5.83. The van der Waals surface area contributed by atoms with Crippen LogP contribution in [-0.4, -0.2) is 23.0 Å². The summed E-state index contributed by atoms with van der Waals surface area (Å²) >= 11 is 1.24. The fourth-order valence-electron chi connectivity index (χ4n) is 2.66. The summed E-state index contributed by atoms with van der Waals surface area (Å²) in [4.78, 5) is 24.7. The smallest absolute Gasteiger partial charge is 0.344 e. The summed E-state index contributed by atoms with van der Waals surface area (Å²) in [6.45, 7) is 1.87. The van der Waals surface area contributed by atoms with Gasteiger partial charge < -0.3 is 9.84 Å². The van der Waals surface area contributed by atoms with Crippen molar-refractivity contribution in [1.82, 2.24) is 0 Å². The Morgan fingerprint density at radius 3 is 2.50 bits per heavy atom.